The molecule has 4 aromatic rings. The fourth-order valence-corrected chi connectivity index (χ4v) is 3.92. The molecule has 2 aliphatic rings. The highest BCUT2D eigenvalue weighted by molar-refractivity contribution is 5.88. The molecule has 32 heavy (non-hydrogen) atoms. The van der Waals surface area contributed by atoms with Gasteiger partial charge in [0.25, 0.3) is 0 Å². The van der Waals surface area contributed by atoms with Crippen LogP contribution in [0.3, 0.4) is 0 Å². The van der Waals surface area contributed by atoms with E-state index in [1.165, 1.54) is 0 Å². The summed E-state index contributed by atoms with van der Waals surface area (Å²) in [5, 5.41) is 0. The topological polar surface area (TPSA) is 83.4 Å². The van der Waals surface area contributed by atoms with Gasteiger partial charge in [-0.1, -0.05) is 12.1 Å². The van der Waals surface area contributed by atoms with Crippen molar-refractivity contribution in [3.05, 3.63) is 89.5 Å². The van der Waals surface area contributed by atoms with Gasteiger partial charge in [0.1, 0.15) is 0 Å². The van der Waals surface area contributed by atoms with E-state index in [2.05, 4.69) is 28.2 Å². The second-order valence-electron chi connectivity index (χ2n) is 7.71. The maximum Gasteiger partial charge on any atom is 0.187 e. The van der Waals surface area contributed by atoms with Crippen molar-refractivity contribution in [3.63, 3.8) is 0 Å². The van der Waals surface area contributed by atoms with Gasteiger partial charge in [-0.15, -0.1) is 0 Å². The predicted octanol–water partition coefficient (Wildman–Crippen LogP) is 4.72. The van der Waals surface area contributed by atoms with Crippen LogP contribution in [-0.4, -0.2) is 37.3 Å². The number of nitrogen functional groups attached to an aromatic ring is 1. The summed E-state index contributed by atoms with van der Waals surface area (Å²) in [5.74, 6) is 0. The number of nitrogens with one attached hydrogen (secondary N) is 2. The molecule has 2 aliphatic heterocycles. The number of hydrogen-bond donors (Lipinski definition) is 3. The van der Waals surface area contributed by atoms with Gasteiger partial charge in [-0.2, -0.15) is 0 Å². The molecule has 0 amide bonds. The van der Waals surface area contributed by atoms with Crippen LogP contribution < -0.4 is 5.73 Å². The van der Waals surface area contributed by atoms with Gasteiger partial charge in [0.05, 0.1) is 22.8 Å². The van der Waals surface area contributed by atoms with Crippen molar-refractivity contribution in [2.24, 2.45) is 0 Å². The minimum Gasteiger partial charge on any atom is -0.399 e. The van der Waals surface area contributed by atoms with Crippen molar-refractivity contribution >= 4 is 69.4 Å². The molecule has 0 spiro atoms. The van der Waals surface area contributed by atoms with Crippen molar-refractivity contribution in [1.82, 2.24) is 19.9 Å². The molecule has 1 aromatic carbocycles. The lowest BCUT2D eigenvalue weighted by Crippen LogP contribution is -1.83. The second-order valence-corrected chi connectivity index (χ2v) is 7.71. The highest BCUT2D eigenvalue weighted by atomic mass is 27.0. The van der Waals surface area contributed by atoms with Crippen LogP contribution in [0, 0.1) is 0 Å². The molecule has 3 aromatic heterocycles. The smallest absolute Gasteiger partial charge is 0.187 e. The third-order valence-corrected chi connectivity index (χ3v) is 5.39. The Morgan fingerprint density at radius 3 is 1.69 bits per heavy atom. The molecule has 154 valence electrons. The molecule has 5 nitrogen and oxygen atoms in total. The van der Waals surface area contributed by atoms with Gasteiger partial charge < -0.3 is 15.7 Å². The van der Waals surface area contributed by atoms with Gasteiger partial charge >= 0.3 is 0 Å². The van der Waals surface area contributed by atoms with Crippen molar-refractivity contribution in [2.45, 2.75) is 0 Å². The monoisotopic (exact) mass is 431 g/mol. The van der Waals surface area contributed by atoms with Gasteiger partial charge in [0.2, 0.25) is 0 Å². The first-order valence-electron chi connectivity index (χ1n) is 10.1. The molecular formula is C26H22AlN5. The summed E-state index contributed by atoms with van der Waals surface area (Å²) in [4.78, 5) is 16.4. The molecule has 6 rings (SSSR count). The van der Waals surface area contributed by atoms with Crippen LogP contribution in [0.5, 0.6) is 0 Å². The van der Waals surface area contributed by atoms with E-state index in [0.717, 1.165) is 61.7 Å². The van der Waals surface area contributed by atoms with Gasteiger partial charge in [0, 0.05) is 33.3 Å². The van der Waals surface area contributed by atoms with Gasteiger partial charge in [-0.05, 0) is 84.5 Å². The number of H-pyrrole nitrogens is 2. The number of aromatic nitrogens is 4. The average molecular weight is 431 g/mol. The molecule has 0 atom stereocenters. The van der Waals surface area contributed by atoms with Crippen LogP contribution in [0.25, 0.3) is 57.5 Å². The minimum atomic E-state index is 0. The van der Waals surface area contributed by atoms with Crippen molar-refractivity contribution in [2.75, 3.05) is 5.73 Å². The highest BCUT2D eigenvalue weighted by Crippen LogP contribution is 2.28. The molecular weight excluding hydrogens is 409 g/mol. The van der Waals surface area contributed by atoms with E-state index < -0.39 is 0 Å². The summed E-state index contributed by atoms with van der Waals surface area (Å²) in [7, 11) is 0. The van der Waals surface area contributed by atoms with Crippen molar-refractivity contribution in [1.29, 1.82) is 0 Å². The number of fused-ring (bicyclic) bond motifs is 8. The quantitative estimate of drug-likeness (QED) is 0.260. The zero-order valence-electron chi connectivity index (χ0n) is 16.6. The maximum atomic E-state index is 5.89. The summed E-state index contributed by atoms with van der Waals surface area (Å²) >= 11 is 0. The predicted molar refractivity (Wildman–Crippen MR) is 139 cm³/mol. The molecule has 8 bridgehead atoms. The first-order valence-corrected chi connectivity index (χ1v) is 10.1. The van der Waals surface area contributed by atoms with Crippen molar-refractivity contribution < 1.29 is 0 Å². The Balaban J connectivity index is 0.00000216. The van der Waals surface area contributed by atoms with Crippen molar-refractivity contribution in [3.8, 4) is 11.1 Å². The third kappa shape index (κ3) is 3.90. The maximum absolute atomic E-state index is 5.89. The lowest BCUT2D eigenvalue weighted by Gasteiger charge is -1.99. The number of rotatable bonds is 1. The van der Waals surface area contributed by atoms with Crippen LogP contribution in [0.1, 0.15) is 22.8 Å². The largest absolute Gasteiger partial charge is 0.399 e. The summed E-state index contributed by atoms with van der Waals surface area (Å²) in [6.45, 7) is 0. The summed E-state index contributed by atoms with van der Waals surface area (Å²) in [6.07, 6.45) is 8.10. The SMILES string of the molecule is Nc1ccc(-c2cc3cc4nc(cc5ccc(cc6nc(cc2[nH]3)C=C6)[nH]5)C=C4)cc1.[AlH3]. The highest BCUT2D eigenvalue weighted by Gasteiger charge is 2.07. The minimum absolute atomic E-state index is 0. The summed E-state index contributed by atoms with van der Waals surface area (Å²) in [6, 6.07) is 22.4. The molecule has 6 heteroatoms. The van der Waals surface area contributed by atoms with E-state index in [-0.39, 0.29) is 17.4 Å². The fraction of sp³-hybridized carbons (Fsp3) is 0. The summed E-state index contributed by atoms with van der Waals surface area (Å²) < 4.78 is 0. The fourth-order valence-electron chi connectivity index (χ4n) is 3.92. The number of nitrogens with two attached hydrogens (primary N) is 1. The lowest BCUT2D eigenvalue weighted by atomic mass is 10.1. The van der Waals surface area contributed by atoms with Crippen LogP contribution >= 0.6 is 0 Å². The average Bonchev–Trinajstić information content (AvgIpc) is 3.54. The summed E-state index contributed by atoms with van der Waals surface area (Å²) in [5.41, 5.74) is 16.4. The van der Waals surface area contributed by atoms with E-state index in [9.17, 15) is 0 Å². The van der Waals surface area contributed by atoms with Gasteiger partial charge in [0.15, 0.2) is 17.4 Å². The van der Waals surface area contributed by atoms with E-state index in [4.69, 9.17) is 15.7 Å². The number of aromatic amines is 2. The Hall–Kier alpha value is -3.85. The molecule has 0 saturated heterocycles. The number of nitrogens with zero attached hydrogens (tertiary/aromatic N) is 2. The van der Waals surface area contributed by atoms with Crippen LogP contribution in [0.15, 0.2) is 66.7 Å². The molecule has 5 heterocycles. The van der Waals surface area contributed by atoms with Crippen LogP contribution in [-0.2, 0) is 0 Å². The second kappa shape index (κ2) is 8.01. The first kappa shape index (κ1) is 20.1. The molecule has 0 saturated carbocycles. The Morgan fingerprint density at radius 1 is 0.562 bits per heavy atom. The lowest BCUT2D eigenvalue weighted by molar-refractivity contribution is 1.31. The van der Waals surface area contributed by atoms with E-state index in [1.54, 1.807) is 0 Å². The van der Waals surface area contributed by atoms with Gasteiger partial charge in [-0.3, -0.25) is 0 Å². The third-order valence-electron chi connectivity index (χ3n) is 5.39. The Kier molecular flexibility index (Phi) is 5.03. The first-order chi connectivity index (χ1) is 15.2. The zero-order chi connectivity index (χ0) is 20.8. The van der Waals surface area contributed by atoms with Crippen LogP contribution in [0.4, 0.5) is 5.69 Å². The Morgan fingerprint density at radius 2 is 1.09 bits per heavy atom. The van der Waals surface area contributed by atoms with E-state index in [0.29, 0.717) is 0 Å². The molecule has 4 N–H and O–H groups in total. The molecule has 0 unspecified atom stereocenters. The standard InChI is InChI=1S/C26H19N5.Al.3H/c27-17-3-1-16(2-4-17)25-14-24-13-22-8-7-20(29-22)11-18-5-6-19(28-18)12-21-9-10-23(30-21)15-26(25)31-24;;;;/h1-15,28,31H,27H2;;;;. The van der Waals surface area contributed by atoms with E-state index in [1.807, 2.05) is 72.8 Å². The zero-order valence-corrected chi connectivity index (χ0v) is 16.6. The number of anilines is 1. The normalized spacial score (nSPS) is 12.0. The molecule has 0 aliphatic carbocycles. The molecule has 0 fully saturated rings. The number of benzene rings is 1. The molecule has 0 radical (unpaired) electrons. The Labute approximate surface area is 195 Å². The number of hydrogen-bond acceptors (Lipinski definition) is 3. The van der Waals surface area contributed by atoms with Gasteiger partial charge in [-0.25, -0.2) is 9.97 Å². The van der Waals surface area contributed by atoms with Crippen LogP contribution in [0.2, 0.25) is 0 Å². The van der Waals surface area contributed by atoms with E-state index >= 15 is 0 Å². The Bertz CT molecular complexity index is 1540.